The Balaban J connectivity index is 1.64. The van der Waals surface area contributed by atoms with Crippen LogP contribution in [0, 0.1) is 0 Å². The molecule has 1 aromatic carbocycles. The maximum absolute atomic E-state index is 11.9. The minimum Gasteiger partial charge on any atom is -0.492 e. The fraction of sp³-hybridized carbons (Fsp3) is 0.368. The van der Waals surface area contributed by atoms with E-state index in [0.717, 1.165) is 25.3 Å². The highest BCUT2D eigenvalue weighted by molar-refractivity contribution is 5.94. The first-order chi connectivity index (χ1) is 13.5. The van der Waals surface area contributed by atoms with Crippen molar-refractivity contribution in [1.29, 1.82) is 0 Å². The van der Waals surface area contributed by atoms with E-state index in [9.17, 15) is 9.59 Å². The highest BCUT2D eigenvalue weighted by Gasteiger charge is 2.09. The van der Waals surface area contributed by atoms with E-state index in [-0.39, 0.29) is 12.2 Å². The van der Waals surface area contributed by atoms with Crippen molar-refractivity contribution in [3.63, 3.8) is 0 Å². The van der Waals surface area contributed by atoms with Crippen LogP contribution in [0.25, 0.3) is 0 Å². The molecule has 0 spiro atoms. The summed E-state index contributed by atoms with van der Waals surface area (Å²) < 4.78 is 5.68. The van der Waals surface area contributed by atoms with Crippen LogP contribution in [0.3, 0.4) is 0 Å². The molecular formula is C19H26N6O3. The van der Waals surface area contributed by atoms with E-state index in [1.807, 2.05) is 37.4 Å². The van der Waals surface area contributed by atoms with Crippen molar-refractivity contribution >= 4 is 17.8 Å². The minimum absolute atomic E-state index is 0.175. The average molecular weight is 386 g/mol. The van der Waals surface area contributed by atoms with Crippen molar-refractivity contribution in [3.05, 3.63) is 48.3 Å². The van der Waals surface area contributed by atoms with E-state index in [4.69, 9.17) is 10.5 Å². The second-order valence-electron chi connectivity index (χ2n) is 6.16. The van der Waals surface area contributed by atoms with Crippen LogP contribution in [0.5, 0.6) is 5.75 Å². The number of ether oxygens (including phenoxy) is 1. The largest absolute Gasteiger partial charge is 0.492 e. The number of nitrogens with zero attached hydrogens (tertiary/aromatic N) is 3. The minimum atomic E-state index is -0.612. The third kappa shape index (κ3) is 8.00. The Morgan fingerprint density at radius 1 is 1.18 bits per heavy atom. The highest BCUT2D eigenvalue weighted by Crippen LogP contribution is 2.07. The maximum Gasteiger partial charge on any atom is 0.270 e. The molecule has 0 aliphatic heterocycles. The maximum atomic E-state index is 11.9. The molecule has 9 nitrogen and oxygen atoms in total. The number of anilines is 1. The van der Waals surface area contributed by atoms with Gasteiger partial charge in [0.15, 0.2) is 0 Å². The molecule has 4 N–H and O–H groups in total. The van der Waals surface area contributed by atoms with Gasteiger partial charge in [-0.3, -0.25) is 9.59 Å². The predicted molar refractivity (Wildman–Crippen MR) is 106 cm³/mol. The second kappa shape index (κ2) is 11.5. The van der Waals surface area contributed by atoms with E-state index in [1.54, 1.807) is 0 Å². The standard InChI is InChI=1S/C19H26N6O3/c1-25(12-13-28-15-6-3-2-4-7-15)11-5-9-21-19-22-10-8-16(24-19)18(27)23-14-17(20)26/h2-4,6-8,10H,5,9,11-14H2,1H3,(H2,20,26)(H,23,27)(H,21,22,24). The van der Waals surface area contributed by atoms with Gasteiger partial charge in [-0.15, -0.1) is 0 Å². The first-order valence-electron chi connectivity index (χ1n) is 9.04. The molecule has 2 aromatic rings. The van der Waals surface area contributed by atoms with Crippen LogP contribution in [-0.4, -0.2) is 66.5 Å². The third-order valence-corrected chi connectivity index (χ3v) is 3.80. The number of nitrogens with two attached hydrogens (primary N) is 1. The lowest BCUT2D eigenvalue weighted by atomic mass is 10.3. The summed E-state index contributed by atoms with van der Waals surface area (Å²) in [5, 5.41) is 5.48. The van der Waals surface area contributed by atoms with Gasteiger partial charge in [0.25, 0.3) is 5.91 Å². The summed E-state index contributed by atoms with van der Waals surface area (Å²) in [7, 11) is 2.04. The summed E-state index contributed by atoms with van der Waals surface area (Å²) in [6, 6.07) is 11.2. The van der Waals surface area contributed by atoms with E-state index in [2.05, 4.69) is 25.5 Å². The fourth-order valence-electron chi connectivity index (χ4n) is 2.33. The Kier molecular flexibility index (Phi) is 8.67. The summed E-state index contributed by atoms with van der Waals surface area (Å²) in [5.41, 5.74) is 5.18. The molecule has 0 aliphatic rings. The number of hydrogen-bond acceptors (Lipinski definition) is 7. The number of aromatic nitrogens is 2. The molecule has 9 heteroatoms. The molecule has 28 heavy (non-hydrogen) atoms. The molecule has 1 aromatic heterocycles. The Hall–Kier alpha value is -3.20. The summed E-state index contributed by atoms with van der Waals surface area (Å²) >= 11 is 0. The van der Waals surface area contributed by atoms with Crippen molar-refractivity contribution in [2.45, 2.75) is 6.42 Å². The quantitative estimate of drug-likeness (QED) is 0.454. The SMILES string of the molecule is CN(CCCNc1nccc(C(=O)NCC(N)=O)n1)CCOc1ccccc1. The Labute approximate surface area is 164 Å². The summed E-state index contributed by atoms with van der Waals surface area (Å²) in [6.45, 7) is 2.76. The topological polar surface area (TPSA) is 122 Å². The van der Waals surface area contributed by atoms with Crippen LogP contribution < -0.4 is 21.1 Å². The van der Waals surface area contributed by atoms with Crippen molar-refractivity contribution < 1.29 is 14.3 Å². The van der Waals surface area contributed by atoms with Gasteiger partial charge >= 0.3 is 0 Å². The predicted octanol–water partition coefficient (Wildman–Crippen LogP) is 0.505. The second-order valence-corrected chi connectivity index (χ2v) is 6.16. The van der Waals surface area contributed by atoms with E-state index in [1.165, 1.54) is 12.3 Å². The average Bonchev–Trinajstić information content (AvgIpc) is 2.70. The molecule has 0 unspecified atom stereocenters. The number of amides is 2. The zero-order valence-corrected chi connectivity index (χ0v) is 15.9. The number of carbonyl (C=O) groups is 2. The van der Waals surface area contributed by atoms with Gasteiger partial charge in [-0.25, -0.2) is 9.97 Å². The number of para-hydroxylation sites is 1. The van der Waals surface area contributed by atoms with Gasteiger partial charge in [-0.2, -0.15) is 0 Å². The van der Waals surface area contributed by atoms with E-state index < -0.39 is 11.8 Å². The third-order valence-electron chi connectivity index (χ3n) is 3.80. The number of primary amides is 1. The lowest BCUT2D eigenvalue weighted by Gasteiger charge is -2.17. The van der Waals surface area contributed by atoms with Crippen molar-refractivity contribution in [2.24, 2.45) is 5.73 Å². The van der Waals surface area contributed by atoms with Crippen LogP contribution in [0.15, 0.2) is 42.6 Å². The molecule has 0 aliphatic carbocycles. The molecule has 0 saturated carbocycles. The summed E-state index contributed by atoms with van der Waals surface area (Å²) in [4.78, 5) is 33.0. The lowest BCUT2D eigenvalue weighted by Crippen LogP contribution is -2.33. The molecular weight excluding hydrogens is 360 g/mol. The van der Waals surface area contributed by atoms with Crippen LogP contribution in [0.4, 0.5) is 5.95 Å². The smallest absolute Gasteiger partial charge is 0.270 e. The van der Waals surface area contributed by atoms with Gasteiger partial charge in [0.1, 0.15) is 18.1 Å². The van der Waals surface area contributed by atoms with Crippen LogP contribution >= 0.6 is 0 Å². The molecule has 2 rings (SSSR count). The van der Waals surface area contributed by atoms with Gasteiger partial charge < -0.3 is 26.0 Å². The Morgan fingerprint density at radius 2 is 1.96 bits per heavy atom. The number of benzene rings is 1. The van der Waals surface area contributed by atoms with Gasteiger partial charge in [-0.05, 0) is 38.2 Å². The molecule has 150 valence electrons. The molecule has 0 saturated heterocycles. The van der Waals surface area contributed by atoms with E-state index in [0.29, 0.717) is 19.1 Å². The van der Waals surface area contributed by atoms with Crippen LogP contribution in [0.2, 0.25) is 0 Å². The summed E-state index contributed by atoms with van der Waals surface area (Å²) in [6.07, 6.45) is 2.37. The van der Waals surface area contributed by atoms with Crippen LogP contribution in [0.1, 0.15) is 16.9 Å². The van der Waals surface area contributed by atoms with E-state index >= 15 is 0 Å². The molecule has 0 fully saturated rings. The zero-order valence-electron chi connectivity index (χ0n) is 15.9. The van der Waals surface area contributed by atoms with Gasteiger partial charge in [0.2, 0.25) is 11.9 Å². The van der Waals surface area contributed by atoms with Gasteiger partial charge in [-0.1, -0.05) is 18.2 Å². The van der Waals surface area contributed by atoms with Gasteiger partial charge in [0.05, 0.1) is 6.54 Å². The molecule has 0 atom stereocenters. The molecule has 1 heterocycles. The first-order valence-corrected chi connectivity index (χ1v) is 9.04. The number of rotatable bonds is 12. The normalized spacial score (nSPS) is 10.5. The fourth-order valence-corrected chi connectivity index (χ4v) is 2.33. The monoisotopic (exact) mass is 386 g/mol. The lowest BCUT2D eigenvalue weighted by molar-refractivity contribution is -0.117. The van der Waals surface area contributed by atoms with Crippen molar-refractivity contribution in [3.8, 4) is 5.75 Å². The number of likely N-dealkylation sites (N-methyl/N-ethyl adjacent to an activating group) is 1. The number of hydrogen-bond donors (Lipinski definition) is 3. The molecule has 0 bridgehead atoms. The number of carbonyl (C=O) groups excluding carboxylic acids is 2. The molecule has 0 radical (unpaired) electrons. The Morgan fingerprint density at radius 3 is 2.71 bits per heavy atom. The zero-order chi connectivity index (χ0) is 20.2. The molecule has 2 amide bonds. The first kappa shape index (κ1) is 21.1. The Bertz CT molecular complexity index is 756. The van der Waals surface area contributed by atoms with Crippen LogP contribution in [-0.2, 0) is 4.79 Å². The van der Waals surface area contributed by atoms with Crippen molar-refractivity contribution in [2.75, 3.05) is 45.2 Å². The summed E-state index contributed by atoms with van der Waals surface area (Å²) in [5.74, 6) is 0.151. The van der Waals surface area contributed by atoms with Gasteiger partial charge in [0, 0.05) is 19.3 Å². The van der Waals surface area contributed by atoms with Crippen molar-refractivity contribution in [1.82, 2.24) is 20.2 Å². The number of nitrogens with one attached hydrogen (secondary N) is 2. The highest BCUT2D eigenvalue weighted by atomic mass is 16.5.